The van der Waals surface area contributed by atoms with E-state index in [1.807, 2.05) is 4.74 Å². The summed E-state index contributed by atoms with van der Waals surface area (Å²) >= 11 is 0. The van der Waals surface area contributed by atoms with Crippen molar-refractivity contribution in [2.45, 2.75) is 12.7 Å². The van der Waals surface area contributed by atoms with Gasteiger partial charge in [0.05, 0.1) is 0 Å². The van der Waals surface area contributed by atoms with Crippen LogP contribution in [0.5, 0.6) is 0 Å². The summed E-state index contributed by atoms with van der Waals surface area (Å²) < 4.78 is 87.4. The molecule has 0 radical (unpaired) electrons. The fourth-order valence-corrected chi connectivity index (χ4v) is 0.554. The van der Waals surface area contributed by atoms with Crippen LogP contribution in [0, 0.1) is 0 Å². The maximum atomic E-state index is 11.7. The van der Waals surface area contributed by atoms with Crippen LogP contribution in [0.1, 0.15) is 0 Å². The van der Waals surface area contributed by atoms with Gasteiger partial charge in [-0.3, -0.25) is 4.55 Å². The van der Waals surface area contributed by atoms with Gasteiger partial charge >= 0.3 is 23.1 Å². The van der Waals surface area contributed by atoms with E-state index in [1.54, 1.807) is 0 Å². The average molecular weight is 232 g/mol. The zero-order chi connectivity index (χ0) is 10.9. The second-order valence-corrected chi connectivity index (χ2v) is 2.54. The minimum absolute atomic E-state index is 1.91. The van der Waals surface area contributed by atoms with E-state index >= 15 is 0 Å². The molecular weight excluding hydrogens is 231 g/mol. The maximum absolute atomic E-state index is 11.7. The van der Waals surface area contributed by atoms with Crippen LogP contribution in [-0.2, 0) is 19.3 Å². The normalized spacial score (nSPS) is 14.6. The zero-order valence-corrected chi connectivity index (χ0v) is 6.19. The lowest BCUT2D eigenvalue weighted by atomic mass is 11.2. The van der Waals surface area contributed by atoms with Crippen LogP contribution in [-0.4, -0.2) is 25.6 Å². The van der Waals surface area contributed by atoms with Crippen LogP contribution in [0.15, 0.2) is 0 Å². The van der Waals surface area contributed by atoms with Crippen molar-refractivity contribution >= 4 is 10.4 Å². The minimum atomic E-state index is -5.80. The highest BCUT2D eigenvalue weighted by atomic mass is 32.3. The molecule has 13 heavy (non-hydrogen) atoms. The highest BCUT2D eigenvalue weighted by Crippen LogP contribution is 2.29. The van der Waals surface area contributed by atoms with Gasteiger partial charge in [0.25, 0.3) is 0 Å². The monoisotopic (exact) mass is 232 g/mol. The van der Waals surface area contributed by atoms with Gasteiger partial charge in [-0.05, 0) is 0 Å². The number of rotatable bonds is 3. The first-order chi connectivity index (χ1) is 5.41. The molecular formula is C2HF5O5S. The molecule has 0 aliphatic rings. The van der Waals surface area contributed by atoms with Gasteiger partial charge in [0.15, 0.2) is 0 Å². The van der Waals surface area contributed by atoms with Crippen molar-refractivity contribution in [3.8, 4) is 0 Å². The molecule has 0 heterocycles. The molecule has 0 spiro atoms. The molecule has 1 N–H and O–H groups in total. The second kappa shape index (κ2) is 3.32. The molecule has 0 saturated heterocycles. The van der Waals surface area contributed by atoms with Crippen molar-refractivity contribution in [3.63, 3.8) is 0 Å². The zero-order valence-electron chi connectivity index (χ0n) is 5.38. The van der Waals surface area contributed by atoms with Crippen LogP contribution >= 0.6 is 0 Å². The van der Waals surface area contributed by atoms with E-state index in [4.69, 9.17) is 4.55 Å². The van der Waals surface area contributed by atoms with Gasteiger partial charge in [0, 0.05) is 0 Å². The van der Waals surface area contributed by atoms with Crippen LogP contribution in [0.2, 0.25) is 0 Å². The van der Waals surface area contributed by atoms with Crippen molar-refractivity contribution in [2.75, 3.05) is 0 Å². The van der Waals surface area contributed by atoms with Crippen LogP contribution in [0.25, 0.3) is 0 Å². The fraction of sp³-hybridized carbons (Fsp3) is 1.00. The Bertz CT molecular complexity index is 265. The first kappa shape index (κ1) is 12.5. The molecule has 0 amide bonds. The largest absolute Gasteiger partial charge is 0.529 e. The molecule has 0 fully saturated rings. The third kappa shape index (κ3) is 7.83. The fourth-order valence-electron chi connectivity index (χ4n) is 0.274. The molecule has 11 heteroatoms. The Labute approximate surface area is 68.0 Å². The Morgan fingerprint density at radius 1 is 1.08 bits per heavy atom. The Hall–Kier alpha value is -0.520. The Morgan fingerprint density at radius 3 is 1.69 bits per heavy atom. The lowest BCUT2D eigenvalue weighted by molar-refractivity contribution is -0.477. The molecule has 0 atom stereocenters. The number of hydrogen-bond donors (Lipinski definition) is 1. The highest BCUT2D eigenvalue weighted by molar-refractivity contribution is 7.80. The van der Waals surface area contributed by atoms with Gasteiger partial charge in [0.2, 0.25) is 0 Å². The Kier molecular flexibility index (Phi) is 3.19. The second-order valence-electron chi connectivity index (χ2n) is 1.52. The summed E-state index contributed by atoms with van der Waals surface area (Å²) in [6.45, 7) is 0. The third-order valence-corrected chi connectivity index (χ3v) is 0.842. The summed E-state index contributed by atoms with van der Waals surface area (Å²) in [5, 5.41) is 0. The van der Waals surface area contributed by atoms with Crippen LogP contribution in [0.4, 0.5) is 22.0 Å². The molecule has 0 aromatic rings. The summed E-state index contributed by atoms with van der Waals surface area (Å²) in [7, 11) is -5.73. The average Bonchev–Trinajstić information content (AvgIpc) is 1.43. The summed E-state index contributed by atoms with van der Waals surface area (Å²) in [5.41, 5.74) is 0. The molecule has 0 bridgehead atoms. The lowest BCUT2D eigenvalue weighted by Crippen LogP contribution is -2.34. The van der Waals surface area contributed by atoms with Gasteiger partial charge < -0.3 is 0 Å². The van der Waals surface area contributed by atoms with Gasteiger partial charge in [-0.15, -0.1) is 22.0 Å². The Morgan fingerprint density at radius 2 is 1.46 bits per heavy atom. The van der Waals surface area contributed by atoms with E-state index < -0.39 is 23.1 Å². The molecule has 0 rings (SSSR count). The number of alkyl halides is 5. The molecule has 5 nitrogen and oxygen atoms in total. The van der Waals surface area contributed by atoms with E-state index in [9.17, 15) is 30.4 Å². The van der Waals surface area contributed by atoms with E-state index in [-0.39, 0.29) is 0 Å². The third-order valence-electron chi connectivity index (χ3n) is 0.437. The van der Waals surface area contributed by atoms with Crippen LogP contribution < -0.4 is 0 Å². The first-order valence-corrected chi connectivity index (χ1v) is 3.61. The van der Waals surface area contributed by atoms with Crippen molar-refractivity contribution in [1.82, 2.24) is 0 Å². The molecule has 0 aromatic heterocycles. The summed E-state index contributed by atoms with van der Waals surface area (Å²) in [6.07, 6.45) is -11.3. The summed E-state index contributed by atoms with van der Waals surface area (Å²) in [6, 6.07) is 0. The first-order valence-electron chi connectivity index (χ1n) is 2.24. The van der Waals surface area contributed by atoms with E-state index in [0.29, 0.717) is 0 Å². The van der Waals surface area contributed by atoms with Crippen molar-refractivity contribution in [1.29, 1.82) is 0 Å². The topological polar surface area (TPSA) is 72.8 Å². The standard InChI is InChI=1S/C2HF5O5S/c3-1(4,5)11-2(6,7)12-13(8,9)10/h(H,8,9,10). The SMILES string of the molecule is O=S(=O)(O)OC(F)(F)OC(F)(F)F. The van der Waals surface area contributed by atoms with Gasteiger partial charge in [0.1, 0.15) is 0 Å². The maximum Gasteiger partial charge on any atom is 0.529 e. The molecule has 0 aromatic carbocycles. The predicted molar refractivity (Wildman–Crippen MR) is 24.7 cm³/mol. The van der Waals surface area contributed by atoms with Gasteiger partial charge in [-0.1, -0.05) is 0 Å². The van der Waals surface area contributed by atoms with E-state index in [1.165, 1.54) is 0 Å². The van der Waals surface area contributed by atoms with Crippen molar-refractivity contribution in [3.05, 3.63) is 0 Å². The van der Waals surface area contributed by atoms with E-state index in [0.717, 1.165) is 0 Å². The molecule has 0 saturated carbocycles. The van der Waals surface area contributed by atoms with Gasteiger partial charge in [-0.2, -0.15) is 17.3 Å². The molecule has 80 valence electrons. The minimum Gasteiger partial charge on any atom is -0.263 e. The van der Waals surface area contributed by atoms with Gasteiger partial charge in [-0.25, -0.2) is 0 Å². The predicted octanol–water partition coefficient (Wildman–Crippen LogP) is 0.893. The summed E-state index contributed by atoms with van der Waals surface area (Å²) in [5.74, 6) is 0. The quantitative estimate of drug-likeness (QED) is 0.444. The molecule has 0 aliphatic carbocycles. The Balaban J connectivity index is 4.43. The molecule has 0 aliphatic heterocycles. The van der Waals surface area contributed by atoms with Crippen molar-refractivity contribution < 1.29 is 43.8 Å². The van der Waals surface area contributed by atoms with Crippen LogP contribution in [0.3, 0.4) is 0 Å². The smallest absolute Gasteiger partial charge is 0.263 e. The van der Waals surface area contributed by atoms with E-state index in [2.05, 4.69) is 4.18 Å². The molecule has 0 unspecified atom stereocenters. The number of halogens is 5. The highest BCUT2D eigenvalue weighted by Gasteiger charge is 2.49. The van der Waals surface area contributed by atoms with Crippen molar-refractivity contribution in [2.24, 2.45) is 0 Å². The number of hydrogen-bond acceptors (Lipinski definition) is 4. The number of ether oxygens (including phenoxy) is 1. The summed E-state index contributed by atoms with van der Waals surface area (Å²) in [4.78, 5) is 0. The lowest BCUT2D eigenvalue weighted by Gasteiger charge is -2.15.